The van der Waals surface area contributed by atoms with Gasteiger partial charge in [0.15, 0.2) is 0 Å². The molecule has 1 aromatic carbocycles. The number of ether oxygens (including phenoxy) is 1. The number of carbonyl (C=O) groups is 1. The van der Waals surface area contributed by atoms with Crippen molar-refractivity contribution in [3.8, 4) is 0 Å². The van der Waals surface area contributed by atoms with Crippen LogP contribution in [0.4, 0.5) is 11.4 Å². The van der Waals surface area contributed by atoms with Crippen molar-refractivity contribution in [3.05, 3.63) is 23.8 Å². The summed E-state index contributed by atoms with van der Waals surface area (Å²) in [4.78, 5) is 10.2. The summed E-state index contributed by atoms with van der Waals surface area (Å²) in [6.07, 6.45) is 18.8. The van der Waals surface area contributed by atoms with E-state index in [1.54, 1.807) is 18.2 Å². The highest BCUT2D eigenvalue weighted by Gasteiger charge is 2.60. The first kappa shape index (κ1) is 33.9. The van der Waals surface area contributed by atoms with Crippen molar-refractivity contribution in [1.29, 1.82) is 0 Å². The van der Waals surface area contributed by atoms with Crippen molar-refractivity contribution in [2.45, 2.75) is 132 Å². The Labute approximate surface area is 253 Å². The molecule has 0 aliphatic heterocycles. The molecule has 0 aromatic heterocycles. The number of nitrogens with two attached hydrogens (primary N) is 2. The Hall–Kier alpha value is -1.55. The van der Waals surface area contributed by atoms with Gasteiger partial charge in [-0.2, -0.15) is 0 Å². The second-order valence-corrected chi connectivity index (χ2v) is 14.9. The van der Waals surface area contributed by atoms with E-state index in [-0.39, 0.29) is 0 Å². The molecule has 1 aromatic rings. The van der Waals surface area contributed by atoms with E-state index in [9.17, 15) is 4.79 Å². The first-order valence-electron chi connectivity index (χ1n) is 17.2. The second kappa shape index (κ2) is 14.8. The fraction of sp³-hybridized carbons (Fsp3) is 0.811. The van der Waals surface area contributed by atoms with E-state index in [2.05, 4.69) is 34.6 Å². The van der Waals surface area contributed by atoms with Gasteiger partial charge in [0, 0.05) is 24.0 Å². The number of hydrogen-bond acceptors (Lipinski definition) is 4. The molecular formula is C37H64N2O2. The van der Waals surface area contributed by atoms with Crippen LogP contribution in [-0.4, -0.2) is 19.5 Å². The fourth-order valence-corrected chi connectivity index (χ4v) is 10.2. The van der Waals surface area contributed by atoms with Gasteiger partial charge in [-0.25, -0.2) is 0 Å². The third-order valence-corrected chi connectivity index (χ3v) is 12.3. The van der Waals surface area contributed by atoms with E-state index in [4.69, 9.17) is 16.2 Å². The number of aldehydes is 1. The molecule has 234 valence electrons. The smallest absolute Gasteiger partial charge is 0.150 e. The predicted octanol–water partition coefficient (Wildman–Crippen LogP) is 9.81. The zero-order valence-corrected chi connectivity index (χ0v) is 27.9. The Morgan fingerprint density at radius 2 is 1.51 bits per heavy atom. The number of hydrogen-bond donors (Lipinski definition) is 2. The Morgan fingerprint density at radius 1 is 0.878 bits per heavy atom. The maximum absolute atomic E-state index is 10.2. The van der Waals surface area contributed by atoms with Gasteiger partial charge in [0.05, 0.1) is 6.10 Å². The normalized spacial score (nSPS) is 36.4. The SMILES string of the molecule is CC.COC1CCC2(C)C(CCC3C2CCC2(C)C(C(C)CCCC(C)C)CCC32)C1.Nc1cc(N)cc(C=O)c1. The number of methoxy groups -OCH3 is 1. The van der Waals surface area contributed by atoms with E-state index in [1.807, 2.05) is 21.0 Å². The molecule has 9 atom stereocenters. The van der Waals surface area contributed by atoms with Crippen LogP contribution in [0.25, 0.3) is 0 Å². The summed E-state index contributed by atoms with van der Waals surface area (Å²) in [5.41, 5.74) is 13.6. The Bertz CT molecular complexity index is 942. The van der Waals surface area contributed by atoms with Gasteiger partial charge in [0.25, 0.3) is 0 Å². The van der Waals surface area contributed by atoms with Crippen molar-refractivity contribution in [2.24, 2.45) is 52.3 Å². The van der Waals surface area contributed by atoms with Gasteiger partial charge < -0.3 is 16.2 Å². The van der Waals surface area contributed by atoms with Gasteiger partial charge in [-0.05, 0) is 128 Å². The van der Waals surface area contributed by atoms with E-state index in [0.717, 1.165) is 41.4 Å². The number of benzene rings is 1. The van der Waals surface area contributed by atoms with Crippen LogP contribution < -0.4 is 11.5 Å². The average Bonchev–Trinajstić information content (AvgIpc) is 3.30. The van der Waals surface area contributed by atoms with Crippen molar-refractivity contribution in [2.75, 3.05) is 18.6 Å². The molecule has 5 rings (SSSR count). The van der Waals surface area contributed by atoms with Crippen molar-refractivity contribution < 1.29 is 9.53 Å². The molecule has 4 aliphatic rings. The van der Waals surface area contributed by atoms with Crippen LogP contribution in [0.2, 0.25) is 0 Å². The van der Waals surface area contributed by atoms with Crippen molar-refractivity contribution in [3.63, 3.8) is 0 Å². The van der Waals surface area contributed by atoms with Gasteiger partial charge in [0.1, 0.15) is 6.29 Å². The van der Waals surface area contributed by atoms with Gasteiger partial charge in [-0.15, -0.1) is 0 Å². The molecule has 9 unspecified atom stereocenters. The van der Waals surface area contributed by atoms with Crippen molar-refractivity contribution >= 4 is 17.7 Å². The minimum absolute atomic E-state index is 0.512. The average molecular weight is 569 g/mol. The third kappa shape index (κ3) is 7.51. The number of rotatable bonds is 7. The van der Waals surface area contributed by atoms with Gasteiger partial charge >= 0.3 is 0 Å². The number of anilines is 2. The summed E-state index contributed by atoms with van der Waals surface area (Å²) in [5.74, 6) is 6.79. The second-order valence-electron chi connectivity index (χ2n) is 14.9. The standard InChI is InChI=1S/C28H50O.C7H8N2O.C2H6/c1-19(2)8-7-9-20(3)24-12-13-25-23-11-10-21-18-22(29-6)14-16-27(21,4)26(23)15-17-28(24,25)5;8-6-1-5(4-10)2-7(9)3-6;1-2/h19-26H,7-18H2,1-6H3;1-4H,8-9H2;1-2H3. The Morgan fingerprint density at radius 3 is 2.12 bits per heavy atom. The minimum Gasteiger partial charge on any atom is -0.399 e. The minimum atomic E-state index is 0.512. The van der Waals surface area contributed by atoms with Crippen LogP contribution in [0.15, 0.2) is 18.2 Å². The summed E-state index contributed by atoms with van der Waals surface area (Å²) < 4.78 is 5.79. The molecule has 41 heavy (non-hydrogen) atoms. The van der Waals surface area contributed by atoms with E-state index in [1.165, 1.54) is 77.0 Å². The third-order valence-electron chi connectivity index (χ3n) is 12.3. The quantitative estimate of drug-likeness (QED) is 0.253. The van der Waals surface area contributed by atoms with E-state index < -0.39 is 0 Å². The lowest BCUT2D eigenvalue weighted by atomic mass is 9.44. The molecule has 4 saturated carbocycles. The lowest BCUT2D eigenvalue weighted by Gasteiger charge is -2.61. The molecule has 4 aliphatic carbocycles. The number of fused-ring (bicyclic) bond motifs is 5. The fourth-order valence-electron chi connectivity index (χ4n) is 10.2. The van der Waals surface area contributed by atoms with Crippen LogP contribution in [0.3, 0.4) is 0 Å². The summed E-state index contributed by atoms with van der Waals surface area (Å²) in [7, 11) is 1.94. The molecule has 0 bridgehead atoms. The van der Waals surface area contributed by atoms with Crippen LogP contribution in [0.1, 0.15) is 136 Å². The van der Waals surface area contributed by atoms with Crippen LogP contribution >= 0.6 is 0 Å². The molecule has 4 nitrogen and oxygen atoms in total. The highest BCUT2D eigenvalue weighted by atomic mass is 16.5. The first-order valence-corrected chi connectivity index (χ1v) is 17.2. The summed E-state index contributed by atoms with van der Waals surface area (Å²) in [6, 6.07) is 4.75. The predicted molar refractivity (Wildman–Crippen MR) is 176 cm³/mol. The topological polar surface area (TPSA) is 78.3 Å². The molecule has 0 spiro atoms. The maximum atomic E-state index is 10.2. The monoisotopic (exact) mass is 568 g/mol. The lowest BCUT2D eigenvalue weighted by molar-refractivity contribution is -0.133. The van der Waals surface area contributed by atoms with E-state index >= 15 is 0 Å². The number of nitrogen functional groups attached to an aromatic ring is 2. The molecule has 0 saturated heterocycles. The van der Waals surface area contributed by atoms with Gasteiger partial charge in [-0.1, -0.05) is 67.7 Å². The molecule has 0 amide bonds. The zero-order valence-electron chi connectivity index (χ0n) is 27.9. The summed E-state index contributed by atoms with van der Waals surface area (Å²) in [6.45, 7) is 16.8. The highest BCUT2D eigenvalue weighted by Crippen LogP contribution is 2.68. The van der Waals surface area contributed by atoms with Crippen LogP contribution in [-0.2, 0) is 4.74 Å². The maximum Gasteiger partial charge on any atom is 0.150 e. The molecule has 4 heteroatoms. The first-order chi connectivity index (χ1) is 19.5. The molecule has 0 radical (unpaired) electrons. The lowest BCUT2D eigenvalue weighted by Crippen LogP contribution is -2.54. The molecule has 4 fully saturated rings. The summed E-state index contributed by atoms with van der Waals surface area (Å²) in [5, 5.41) is 0. The number of carbonyl (C=O) groups excluding carboxylic acids is 1. The largest absolute Gasteiger partial charge is 0.399 e. The zero-order chi connectivity index (χ0) is 30.4. The summed E-state index contributed by atoms with van der Waals surface area (Å²) >= 11 is 0. The highest BCUT2D eigenvalue weighted by molar-refractivity contribution is 5.79. The van der Waals surface area contributed by atoms with Crippen molar-refractivity contribution in [1.82, 2.24) is 0 Å². The molecule has 0 heterocycles. The van der Waals surface area contributed by atoms with Gasteiger partial charge in [0.2, 0.25) is 0 Å². The molecular weight excluding hydrogens is 504 g/mol. The Kier molecular flexibility index (Phi) is 12.2. The Balaban J connectivity index is 0.000000324. The molecule has 4 N–H and O–H groups in total. The van der Waals surface area contributed by atoms with Gasteiger partial charge in [-0.3, -0.25) is 4.79 Å². The van der Waals surface area contributed by atoms with Crippen LogP contribution in [0.5, 0.6) is 0 Å². The van der Waals surface area contributed by atoms with E-state index in [0.29, 0.717) is 40.2 Å². The van der Waals surface area contributed by atoms with Crippen LogP contribution in [0, 0.1) is 52.3 Å².